The number of rotatable bonds is 3. The van der Waals surface area contributed by atoms with E-state index in [4.69, 9.17) is 0 Å². The zero-order valence-corrected chi connectivity index (χ0v) is 8.14. The largest absolute Gasteiger partial charge is 0.492 e. The standard InChI is InChI=1S/C8H16BF3N/c1-7(2)8-3-4-13(5-8)6-9(10,11)12/h7-8H,3-6H2,1-2H3/q-1. The molecule has 1 nitrogen and oxygen atoms in total. The van der Waals surface area contributed by atoms with Gasteiger partial charge in [-0.25, -0.2) is 0 Å². The van der Waals surface area contributed by atoms with Crippen molar-refractivity contribution in [1.29, 1.82) is 0 Å². The van der Waals surface area contributed by atoms with Crippen LogP contribution in [0.15, 0.2) is 0 Å². The van der Waals surface area contributed by atoms with E-state index in [9.17, 15) is 12.9 Å². The van der Waals surface area contributed by atoms with Crippen LogP contribution in [0.3, 0.4) is 0 Å². The Bertz CT molecular complexity index is 169. The summed E-state index contributed by atoms with van der Waals surface area (Å²) in [7, 11) is 0. The molecule has 0 amide bonds. The molecule has 1 heterocycles. The first-order chi connectivity index (χ1) is 5.88. The van der Waals surface area contributed by atoms with Crippen LogP contribution in [0.5, 0.6) is 0 Å². The number of likely N-dealkylation sites (tertiary alicyclic amines) is 1. The molecule has 1 aliphatic rings. The van der Waals surface area contributed by atoms with E-state index < -0.39 is 13.4 Å². The van der Waals surface area contributed by atoms with Gasteiger partial charge in [0.15, 0.2) is 0 Å². The molecule has 0 N–H and O–H groups in total. The maximum absolute atomic E-state index is 12.1. The summed E-state index contributed by atoms with van der Waals surface area (Å²) in [5.41, 5.74) is 0. The summed E-state index contributed by atoms with van der Waals surface area (Å²) in [4.78, 5) is 1.53. The average Bonchev–Trinajstić information content (AvgIpc) is 2.31. The lowest BCUT2D eigenvalue weighted by Gasteiger charge is -2.23. The van der Waals surface area contributed by atoms with Crippen LogP contribution in [0, 0.1) is 11.8 Å². The molecule has 0 saturated carbocycles. The second-order valence-corrected chi connectivity index (χ2v) is 4.26. The van der Waals surface area contributed by atoms with Gasteiger partial charge in [0, 0.05) is 0 Å². The highest BCUT2D eigenvalue weighted by atomic mass is 19.4. The molecule has 1 fully saturated rings. The first-order valence-corrected chi connectivity index (χ1v) is 4.82. The third kappa shape index (κ3) is 3.59. The summed E-state index contributed by atoms with van der Waals surface area (Å²) < 4.78 is 36.2. The summed E-state index contributed by atoms with van der Waals surface area (Å²) in [6.07, 6.45) is 0.243. The first kappa shape index (κ1) is 10.9. The summed E-state index contributed by atoms with van der Waals surface area (Å²) in [6, 6.07) is 0. The Morgan fingerprint density at radius 2 is 2.00 bits per heavy atom. The van der Waals surface area contributed by atoms with Gasteiger partial charge in [0.2, 0.25) is 0 Å². The topological polar surface area (TPSA) is 3.24 Å². The minimum Gasteiger partial charge on any atom is -0.448 e. The Hall–Kier alpha value is -0.185. The van der Waals surface area contributed by atoms with E-state index in [2.05, 4.69) is 13.8 Å². The molecular formula is C8H16BF3N-. The van der Waals surface area contributed by atoms with Crippen molar-refractivity contribution < 1.29 is 12.9 Å². The summed E-state index contributed by atoms with van der Waals surface area (Å²) in [5.74, 6) is 0.962. The monoisotopic (exact) mass is 194 g/mol. The smallest absolute Gasteiger partial charge is 0.448 e. The van der Waals surface area contributed by atoms with E-state index in [-0.39, 0.29) is 0 Å². The van der Waals surface area contributed by atoms with Gasteiger partial charge in [0.25, 0.3) is 0 Å². The summed E-state index contributed by atoms with van der Waals surface area (Å²) >= 11 is 0. The lowest BCUT2D eigenvalue weighted by atomic mass is 9.91. The third-order valence-corrected chi connectivity index (χ3v) is 2.72. The van der Waals surface area contributed by atoms with Crippen molar-refractivity contribution in [2.75, 3.05) is 19.5 Å². The van der Waals surface area contributed by atoms with Gasteiger partial charge in [-0.15, -0.1) is 0 Å². The Labute approximate surface area is 77.4 Å². The SMILES string of the molecule is CC(C)C1CCN(C[B-](F)(F)F)C1. The molecule has 0 aromatic heterocycles. The van der Waals surface area contributed by atoms with Crippen molar-refractivity contribution in [1.82, 2.24) is 4.90 Å². The zero-order chi connectivity index (χ0) is 10.1. The van der Waals surface area contributed by atoms with Gasteiger partial charge < -0.3 is 17.8 Å². The molecule has 0 radical (unpaired) electrons. The molecule has 1 aliphatic heterocycles. The van der Waals surface area contributed by atoms with Crippen molar-refractivity contribution in [2.45, 2.75) is 20.3 Å². The van der Waals surface area contributed by atoms with E-state index in [1.54, 1.807) is 0 Å². The Kier molecular flexibility index (Phi) is 3.27. The predicted molar refractivity (Wildman–Crippen MR) is 48.5 cm³/mol. The second kappa shape index (κ2) is 3.90. The molecule has 5 heteroatoms. The van der Waals surface area contributed by atoms with Crippen LogP contribution in [-0.4, -0.2) is 31.4 Å². The lowest BCUT2D eigenvalue weighted by Crippen LogP contribution is -2.36. The van der Waals surface area contributed by atoms with Crippen LogP contribution >= 0.6 is 0 Å². The highest BCUT2D eigenvalue weighted by molar-refractivity contribution is 6.58. The van der Waals surface area contributed by atoms with Crippen molar-refractivity contribution >= 4 is 6.98 Å². The average molecular weight is 194 g/mol. The molecule has 0 aromatic rings. The molecule has 13 heavy (non-hydrogen) atoms. The molecule has 0 bridgehead atoms. The first-order valence-electron chi connectivity index (χ1n) is 4.82. The summed E-state index contributed by atoms with van der Waals surface area (Å²) in [6.45, 7) is 0.760. The Morgan fingerprint density at radius 3 is 2.38 bits per heavy atom. The highest BCUT2D eigenvalue weighted by Gasteiger charge is 2.31. The van der Waals surface area contributed by atoms with Gasteiger partial charge in [-0.2, -0.15) is 0 Å². The molecule has 78 valence electrons. The van der Waals surface area contributed by atoms with Gasteiger partial charge in [0.1, 0.15) is 0 Å². The molecule has 0 aromatic carbocycles. The number of hydrogen-bond donors (Lipinski definition) is 0. The van der Waals surface area contributed by atoms with E-state index in [1.807, 2.05) is 0 Å². The van der Waals surface area contributed by atoms with E-state index in [0.717, 1.165) is 6.42 Å². The van der Waals surface area contributed by atoms with Gasteiger partial charge >= 0.3 is 6.98 Å². The maximum atomic E-state index is 12.1. The van der Waals surface area contributed by atoms with Gasteiger partial charge in [-0.1, -0.05) is 13.8 Å². The van der Waals surface area contributed by atoms with Crippen molar-refractivity contribution in [3.8, 4) is 0 Å². The van der Waals surface area contributed by atoms with Gasteiger partial charge in [0.05, 0.1) is 0 Å². The van der Waals surface area contributed by atoms with Gasteiger partial charge in [-0.3, -0.25) is 0 Å². The molecule has 1 unspecified atom stereocenters. The van der Waals surface area contributed by atoms with Crippen LogP contribution in [0.25, 0.3) is 0 Å². The molecular weight excluding hydrogens is 178 g/mol. The van der Waals surface area contributed by atoms with E-state index in [1.165, 1.54) is 4.90 Å². The summed E-state index contributed by atoms with van der Waals surface area (Å²) in [5, 5.41) is 0. The number of nitrogens with zero attached hydrogens (tertiary/aromatic N) is 1. The normalized spacial score (nSPS) is 25.8. The highest BCUT2D eigenvalue weighted by Crippen LogP contribution is 2.25. The minimum atomic E-state index is -4.63. The van der Waals surface area contributed by atoms with Crippen molar-refractivity contribution in [3.05, 3.63) is 0 Å². The Balaban J connectivity index is 2.33. The minimum absolute atomic E-state index is 0.457. The molecule has 0 spiro atoms. The fourth-order valence-corrected chi connectivity index (χ4v) is 1.87. The van der Waals surface area contributed by atoms with Crippen LogP contribution in [0.4, 0.5) is 12.9 Å². The van der Waals surface area contributed by atoms with Crippen molar-refractivity contribution in [2.24, 2.45) is 11.8 Å². The Morgan fingerprint density at radius 1 is 1.38 bits per heavy atom. The fraction of sp³-hybridized carbons (Fsp3) is 1.00. The van der Waals surface area contributed by atoms with Crippen LogP contribution < -0.4 is 0 Å². The number of hydrogen-bond acceptors (Lipinski definition) is 1. The van der Waals surface area contributed by atoms with Crippen LogP contribution in [-0.2, 0) is 0 Å². The van der Waals surface area contributed by atoms with Crippen LogP contribution in [0.1, 0.15) is 20.3 Å². The quantitative estimate of drug-likeness (QED) is 0.623. The molecule has 1 saturated heterocycles. The van der Waals surface area contributed by atoms with E-state index in [0.29, 0.717) is 24.9 Å². The molecule has 0 aliphatic carbocycles. The third-order valence-electron chi connectivity index (χ3n) is 2.72. The van der Waals surface area contributed by atoms with Crippen LogP contribution in [0.2, 0.25) is 0 Å². The molecule has 1 atom stereocenters. The molecule has 1 rings (SSSR count). The van der Waals surface area contributed by atoms with Crippen molar-refractivity contribution in [3.63, 3.8) is 0 Å². The predicted octanol–water partition coefficient (Wildman–Crippen LogP) is 2.35. The second-order valence-electron chi connectivity index (χ2n) is 4.26. The lowest BCUT2D eigenvalue weighted by molar-refractivity contribution is 0.303. The fourth-order valence-electron chi connectivity index (χ4n) is 1.87. The maximum Gasteiger partial charge on any atom is 0.492 e. The zero-order valence-electron chi connectivity index (χ0n) is 8.14. The van der Waals surface area contributed by atoms with E-state index >= 15 is 0 Å². The van der Waals surface area contributed by atoms with Gasteiger partial charge in [-0.05, 0) is 37.8 Å². The number of halogens is 3.